The summed E-state index contributed by atoms with van der Waals surface area (Å²) in [4.78, 5) is 10.2. The van der Waals surface area contributed by atoms with Crippen molar-refractivity contribution in [3.8, 4) is 0 Å². The van der Waals surface area contributed by atoms with Gasteiger partial charge in [0.1, 0.15) is 6.61 Å². The summed E-state index contributed by atoms with van der Waals surface area (Å²) in [5.74, 6) is -0.511. The van der Waals surface area contributed by atoms with Gasteiger partial charge in [-0.1, -0.05) is 0 Å². The molecule has 0 saturated carbocycles. The van der Waals surface area contributed by atoms with Gasteiger partial charge in [0.25, 0.3) is 0 Å². The van der Waals surface area contributed by atoms with Gasteiger partial charge >= 0.3 is 5.97 Å². The van der Waals surface area contributed by atoms with E-state index in [0.29, 0.717) is 0 Å². The molecule has 0 atom stereocenters. The van der Waals surface area contributed by atoms with Crippen molar-refractivity contribution < 1.29 is 18.5 Å². The van der Waals surface area contributed by atoms with Crippen LogP contribution in [-0.2, 0) is 13.4 Å². The minimum atomic E-state index is -0.511. The zero-order valence-electron chi connectivity index (χ0n) is 4.67. The molecule has 0 aromatic carbocycles. The van der Waals surface area contributed by atoms with E-state index in [0.717, 1.165) is 0 Å². The Morgan fingerprint density at radius 3 is 2.78 bits per heavy atom. The van der Waals surface area contributed by atoms with Crippen molar-refractivity contribution >= 4 is 22.2 Å². The minimum absolute atomic E-state index is 0.0877. The van der Waals surface area contributed by atoms with Crippen LogP contribution in [0, 0.1) is 0 Å². The SMILES string of the molecule is O=C(COCCO)OBr. The predicted molar refractivity (Wildman–Crippen MR) is 32.9 cm³/mol. The number of hydrogen-bond donors (Lipinski definition) is 1. The third-order valence-electron chi connectivity index (χ3n) is 0.542. The van der Waals surface area contributed by atoms with Crippen LogP contribution in [0.5, 0.6) is 0 Å². The highest BCUT2D eigenvalue weighted by atomic mass is 79.9. The predicted octanol–water partition coefficient (Wildman–Crippen LogP) is -0.152. The largest absolute Gasteiger partial charge is 0.394 e. The number of aliphatic hydroxyl groups is 1. The van der Waals surface area contributed by atoms with E-state index >= 15 is 0 Å². The molecule has 0 aliphatic rings. The quantitative estimate of drug-likeness (QED) is 0.639. The molecule has 5 heteroatoms. The van der Waals surface area contributed by atoms with Crippen molar-refractivity contribution in [2.75, 3.05) is 19.8 Å². The number of ether oxygens (including phenoxy) is 1. The Morgan fingerprint density at radius 1 is 1.67 bits per heavy atom. The second-order valence-electron chi connectivity index (χ2n) is 1.23. The van der Waals surface area contributed by atoms with Crippen molar-refractivity contribution in [1.82, 2.24) is 0 Å². The smallest absolute Gasteiger partial charge is 0.343 e. The summed E-state index contributed by atoms with van der Waals surface area (Å²) < 4.78 is 8.64. The van der Waals surface area contributed by atoms with E-state index in [1.54, 1.807) is 0 Å². The average Bonchev–Trinajstić information content (AvgIpc) is 1.89. The molecule has 0 fully saturated rings. The van der Waals surface area contributed by atoms with Crippen molar-refractivity contribution in [3.05, 3.63) is 0 Å². The Morgan fingerprint density at radius 2 is 2.33 bits per heavy atom. The molecule has 54 valence electrons. The fourth-order valence-corrected chi connectivity index (χ4v) is 0.336. The van der Waals surface area contributed by atoms with Crippen molar-refractivity contribution in [1.29, 1.82) is 0 Å². The zero-order chi connectivity index (χ0) is 7.11. The maximum atomic E-state index is 10.2. The van der Waals surface area contributed by atoms with Crippen LogP contribution in [0.1, 0.15) is 0 Å². The molecule has 4 nitrogen and oxygen atoms in total. The Hall–Kier alpha value is -0.130. The standard InChI is InChI=1S/C4H7BrO4/c5-9-4(7)3-8-2-1-6/h6H,1-3H2. The molecule has 0 spiro atoms. The van der Waals surface area contributed by atoms with E-state index in [2.05, 4.69) is 24.8 Å². The van der Waals surface area contributed by atoms with E-state index in [-0.39, 0.29) is 19.8 Å². The van der Waals surface area contributed by atoms with Crippen LogP contribution in [0.4, 0.5) is 0 Å². The molecule has 0 unspecified atom stereocenters. The molecule has 9 heavy (non-hydrogen) atoms. The second-order valence-corrected chi connectivity index (χ2v) is 1.55. The van der Waals surface area contributed by atoms with Gasteiger partial charge in [0.2, 0.25) is 0 Å². The van der Waals surface area contributed by atoms with Crippen LogP contribution in [0.3, 0.4) is 0 Å². The lowest BCUT2D eigenvalue weighted by Gasteiger charge is -1.96. The van der Waals surface area contributed by atoms with E-state index in [4.69, 9.17) is 5.11 Å². The van der Waals surface area contributed by atoms with Gasteiger partial charge in [0.15, 0.2) is 16.3 Å². The Balaban J connectivity index is 2.97. The Bertz CT molecular complexity index is 84.6. The molecule has 0 rings (SSSR count). The first-order valence-corrected chi connectivity index (χ1v) is 2.96. The third kappa shape index (κ3) is 5.75. The molecule has 0 aromatic heterocycles. The minimum Gasteiger partial charge on any atom is -0.394 e. The fraction of sp³-hybridized carbons (Fsp3) is 0.750. The molecule has 0 aliphatic carbocycles. The van der Waals surface area contributed by atoms with Crippen LogP contribution in [0.2, 0.25) is 0 Å². The van der Waals surface area contributed by atoms with Crippen LogP contribution >= 0.6 is 16.3 Å². The van der Waals surface area contributed by atoms with Crippen LogP contribution in [-0.4, -0.2) is 30.9 Å². The molecule has 0 radical (unpaired) electrons. The van der Waals surface area contributed by atoms with Crippen LogP contribution in [0.25, 0.3) is 0 Å². The molecule has 0 amide bonds. The lowest BCUT2D eigenvalue weighted by molar-refractivity contribution is -0.137. The summed E-state index contributed by atoms with van der Waals surface area (Å²) in [5.41, 5.74) is 0. The van der Waals surface area contributed by atoms with Crippen molar-refractivity contribution in [3.63, 3.8) is 0 Å². The van der Waals surface area contributed by atoms with Crippen LogP contribution < -0.4 is 0 Å². The first-order chi connectivity index (χ1) is 4.31. The zero-order valence-corrected chi connectivity index (χ0v) is 6.26. The summed E-state index contributed by atoms with van der Waals surface area (Å²) >= 11 is 2.47. The summed E-state index contributed by atoms with van der Waals surface area (Å²) in [5, 5.41) is 8.16. The third-order valence-corrected chi connectivity index (χ3v) is 0.903. The maximum Gasteiger partial charge on any atom is 0.343 e. The fourth-order valence-electron chi connectivity index (χ4n) is 0.242. The Labute approximate surface area is 61.2 Å². The van der Waals surface area contributed by atoms with Gasteiger partial charge in [-0.3, -0.25) is 0 Å². The molecule has 0 saturated heterocycles. The molecular formula is C4H7BrO4. The van der Waals surface area contributed by atoms with Gasteiger partial charge in [-0.05, 0) is 0 Å². The molecule has 0 bridgehead atoms. The maximum absolute atomic E-state index is 10.2. The van der Waals surface area contributed by atoms with Gasteiger partial charge < -0.3 is 13.7 Å². The highest BCUT2D eigenvalue weighted by Gasteiger charge is 1.98. The summed E-state index contributed by atoms with van der Waals surface area (Å²) in [6.07, 6.45) is 0. The second kappa shape index (κ2) is 6.00. The van der Waals surface area contributed by atoms with Gasteiger partial charge in [-0.25, -0.2) is 4.79 Å². The van der Waals surface area contributed by atoms with E-state index in [9.17, 15) is 4.79 Å². The average molecular weight is 199 g/mol. The van der Waals surface area contributed by atoms with Gasteiger partial charge in [0.05, 0.1) is 13.2 Å². The molecule has 0 aromatic rings. The van der Waals surface area contributed by atoms with Gasteiger partial charge in [-0.15, -0.1) is 0 Å². The highest BCUT2D eigenvalue weighted by Crippen LogP contribution is 1.86. The normalized spacial score (nSPS) is 9.11. The number of carbonyl (C=O) groups excluding carboxylic acids is 1. The number of hydrogen-bond acceptors (Lipinski definition) is 4. The van der Waals surface area contributed by atoms with E-state index < -0.39 is 5.97 Å². The molecule has 0 heterocycles. The molecule has 1 N–H and O–H groups in total. The van der Waals surface area contributed by atoms with Crippen molar-refractivity contribution in [2.24, 2.45) is 0 Å². The number of carbonyl (C=O) groups is 1. The number of halogens is 1. The first kappa shape index (κ1) is 8.87. The highest BCUT2D eigenvalue weighted by molar-refractivity contribution is 9.06. The summed E-state index contributed by atoms with van der Waals surface area (Å²) in [7, 11) is 0. The molecular weight excluding hydrogens is 192 g/mol. The summed E-state index contributed by atoms with van der Waals surface area (Å²) in [6.45, 7) is -0.0660. The van der Waals surface area contributed by atoms with Gasteiger partial charge in [0, 0.05) is 0 Å². The summed E-state index contributed by atoms with van der Waals surface area (Å²) in [6, 6.07) is 0. The van der Waals surface area contributed by atoms with Crippen molar-refractivity contribution in [2.45, 2.75) is 0 Å². The monoisotopic (exact) mass is 198 g/mol. The van der Waals surface area contributed by atoms with E-state index in [1.165, 1.54) is 0 Å². The lowest BCUT2D eigenvalue weighted by Crippen LogP contribution is -2.10. The number of aliphatic hydroxyl groups excluding tert-OH is 1. The first-order valence-electron chi connectivity index (χ1n) is 2.31. The molecule has 0 aliphatic heterocycles. The number of rotatable bonds is 4. The van der Waals surface area contributed by atoms with Crippen LogP contribution in [0.15, 0.2) is 0 Å². The van der Waals surface area contributed by atoms with Gasteiger partial charge in [-0.2, -0.15) is 0 Å². The Kier molecular flexibility index (Phi) is 5.91. The lowest BCUT2D eigenvalue weighted by atomic mass is 10.7. The topological polar surface area (TPSA) is 55.8 Å². The van der Waals surface area contributed by atoms with E-state index in [1.807, 2.05) is 0 Å².